The van der Waals surface area contributed by atoms with E-state index in [1.807, 2.05) is 6.07 Å². The molecular formula is C15H21BrN2O2. The molecule has 4 nitrogen and oxygen atoms in total. The largest absolute Gasteiger partial charge is 0.486 e. The SMILES string of the molecule is NCC1CCN(Cc2cc3c(cc2Br)OCCO3)CC1. The molecule has 1 fully saturated rings. The van der Waals surface area contributed by atoms with Gasteiger partial charge in [-0.2, -0.15) is 0 Å². The highest BCUT2D eigenvalue weighted by Crippen LogP contribution is 2.36. The Morgan fingerprint density at radius 3 is 2.45 bits per heavy atom. The number of ether oxygens (including phenoxy) is 2. The second-order valence-corrected chi connectivity index (χ2v) is 6.40. The number of hydrogen-bond acceptors (Lipinski definition) is 4. The lowest BCUT2D eigenvalue weighted by atomic mass is 9.97. The van der Waals surface area contributed by atoms with Gasteiger partial charge in [0.2, 0.25) is 0 Å². The van der Waals surface area contributed by atoms with Crippen LogP contribution in [0.5, 0.6) is 11.5 Å². The molecule has 2 aliphatic rings. The summed E-state index contributed by atoms with van der Waals surface area (Å²) >= 11 is 3.65. The first-order valence-electron chi connectivity index (χ1n) is 7.26. The first kappa shape index (κ1) is 14.2. The average Bonchev–Trinajstić information content (AvgIpc) is 2.49. The molecule has 1 aromatic carbocycles. The second-order valence-electron chi connectivity index (χ2n) is 5.54. The number of nitrogens with two attached hydrogens (primary N) is 1. The molecule has 5 heteroatoms. The first-order valence-corrected chi connectivity index (χ1v) is 8.06. The van der Waals surface area contributed by atoms with E-state index >= 15 is 0 Å². The number of hydrogen-bond donors (Lipinski definition) is 1. The molecule has 1 aromatic rings. The van der Waals surface area contributed by atoms with Crippen molar-refractivity contribution in [2.75, 3.05) is 32.8 Å². The zero-order valence-electron chi connectivity index (χ0n) is 11.6. The van der Waals surface area contributed by atoms with E-state index in [2.05, 4.69) is 26.9 Å². The summed E-state index contributed by atoms with van der Waals surface area (Å²) in [5, 5.41) is 0. The van der Waals surface area contributed by atoms with Crippen LogP contribution in [0.4, 0.5) is 0 Å². The topological polar surface area (TPSA) is 47.7 Å². The van der Waals surface area contributed by atoms with Crippen LogP contribution < -0.4 is 15.2 Å². The van der Waals surface area contributed by atoms with Crippen molar-refractivity contribution >= 4 is 15.9 Å². The van der Waals surface area contributed by atoms with Crippen LogP contribution in [-0.2, 0) is 6.54 Å². The van der Waals surface area contributed by atoms with Crippen molar-refractivity contribution in [2.24, 2.45) is 11.7 Å². The summed E-state index contributed by atoms with van der Waals surface area (Å²) in [6.45, 7) is 5.29. The summed E-state index contributed by atoms with van der Waals surface area (Å²) in [5.74, 6) is 2.41. The van der Waals surface area contributed by atoms with Crippen molar-refractivity contribution < 1.29 is 9.47 Å². The van der Waals surface area contributed by atoms with Gasteiger partial charge < -0.3 is 15.2 Å². The van der Waals surface area contributed by atoms with Crippen LogP contribution in [0, 0.1) is 5.92 Å². The number of rotatable bonds is 3. The van der Waals surface area contributed by atoms with Crippen molar-refractivity contribution in [2.45, 2.75) is 19.4 Å². The number of halogens is 1. The normalized spacial score (nSPS) is 20.1. The lowest BCUT2D eigenvalue weighted by Crippen LogP contribution is -2.35. The minimum atomic E-state index is 0.630. The van der Waals surface area contributed by atoms with Gasteiger partial charge in [0, 0.05) is 11.0 Å². The van der Waals surface area contributed by atoms with Crippen LogP contribution in [0.1, 0.15) is 18.4 Å². The fourth-order valence-electron chi connectivity index (χ4n) is 2.85. The Morgan fingerprint density at radius 2 is 1.80 bits per heavy atom. The minimum absolute atomic E-state index is 0.630. The third-order valence-corrected chi connectivity index (χ3v) is 4.88. The molecule has 0 spiro atoms. The van der Waals surface area contributed by atoms with Crippen molar-refractivity contribution in [1.82, 2.24) is 4.90 Å². The van der Waals surface area contributed by atoms with E-state index in [1.54, 1.807) is 0 Å². The third-order valence-electron chi connectivity index (χ3n) is 4.15. The fourth-order valence-corrected chi connectivity index (χ4v) is 3.30. The van der Waals surface area contributed by atoms with Crippen LogP contribution in [0.2, 0.25) is 0 Å². The maximum atomic E-state index is 5.75. The van der Waals surface area contributed by atoms with Gasteiger partial charge in [-0.3, -0.25) is 4.90 Å². The molecule has 3 rings (SSSR count). The third kappa shape index (κ3) is 3.10. The molecule has 110 valence electrons. The highest BCUT2D eigenvalue weighted by molar-refractivity contribution is 9.10. The van der Waals surface area contributed by atoms with Gasteiger partial charge in [-0.25, -0.2) is 0 Å². The summed E-state index contributed by atoms with van der Waals surface area (Å²) < 4.78 is 12.4. The first-order chi connectivity index (χ1) is 9.76. The Balaban J connectivity index is 1.68. The lowest BCUT2D eigenvalue weighted by Gasteiger charge is -2.31. The van der Waals surface area contributed by atoms with Gasteiger partial charge in [0.25, 0.3) is 0 Å². The van der Waals surface area contributed by atoms with Gasteiger partial charge in [0.15, 0.2) is 11.5 Å². The minimum Gasteiger partial charge on any atom is -0.486 e. The monoisotopic (exact) mass is 340 g/mol. The Labute approximate surface area is 128 Å². The van der Waals surface area contributed by atoms with E-state index in [0.29, 0.717) is 19.1 Å². The van der Waals surface area contributed by atoms with E-state index in [0.717, 1.165) is 42.2 Å². The Morgan fingerprint density at radius 1 is 1.15 bits per heavy atom. The Kier molecular flexibility index (Phi) is 4.48. The molecule has 0 bridgehead atoms. The zero-order chi connectivity index (χ0) is 13.9. The fraction of sp³-hybridized carbons (Fsp3) is 0.600. The van der Waals surface area contributed by atoms with Crippen LogP contribution in [0.15, 0.2) is 16.6 Å². The van der Waals surface area contributed by atoms with Crippen LogP contribution >= 0.6 is 15.9 Å². The van der Waals surface area contributed by atoms with Gasteiger partial charge in [-0.1, -0.05) is 15.9 Å². The molecule has 20 heavy (non-hydrogen) atoms. The maximum Gasteiger partial charge on any atom is 0.162 e. The quantitative estimate of drug-likeness (QED) is 0.917. The Bertz CT molecular complexity index is 473. The van der Waals surface area contributed by atoms with E-state index in [4.69, 9.17) is 15.2 Å². The molecule has 2 N–H and O–H groups in total. The molecule has 0 atom stereocenters. The van der Waals surface area contributed by atoms with E-state index in [9.17, 15) is 0 Å². The van der Waals surface area contributed by atoms with Gasteiger partial charge in [0.1, 0.15) is 13.2 Å². The molecule has 0 radical (unpaired) electrons. The van der Waals surface area contributed by atoms with Crippen LogP contribution in [-0.4, -0.2) is 37.7 Å². The van der Waals surface area contributed by atoms with Gasteiger partial charge >= 0.3 is 0 Å². The number of likely N-dealkylation sites (tertiary alicyclic amines) is 1. The standard InChI is InChI=1S/C15H21BrN2O2/c16-13-8-15-14(19-5-6-20-15)7-12(13)10-18-3-1-11(9-17)2-4-18/h7-8,11H,1-6,9-10,17H2. The van der Waals surface area contributed by atoms with Crippen molar-refractivity contribution in [3.8, 4) is 11.5 Å². The highest BCUT2D eigenvalue weighted by atomic mass is 79.9. The summed E-state index contributed by atoms with van der Waals surface area (Å²) in [5.41, 5.74) is 7.01. The summed E-state index contributed by atoms with van der Waals surface area (Å²) in [6, 6.07) is 4.13. The molecular weight excluding hydrogens is 320 g/mol. The average molecular weight is 341 g/mol. The van der Waals surface area contributed by atoms with E-state index in [-0.39, 0.29) is 0 Å². The van der Waals surface area contributed by atoms with Gasteiger partial charge in [-0.15, -0.1) is 0 Å². The van der Waals surface area contributed by atoms with Crippen molar-refractivity contribution in [3.63, 3.8) is 0 Å². The molecule has 2 aliphatic heterocycles. The molecule has 2 heterocycles. The predicted octanol–water partition coefficient (Wildman–Crippen LogP) is 2.39. The Hall–Kier alpha value is -0.780. The van der Waals surface area contributed by atoms with Gasteiger partial charge in [0.05, 0.1) is 0 Å². The smallest absolute Gasteiger partial charge is 0.162 e. The molecule has 0 amide bonds. The summed E-state index contributed by atoms with van der Waals surface area (Å²) in [4.78, 5) is 2.49. The van der Waals surface area contributed by atoms with E-state index < -0.39 is 0 Å². The molecule has 0 aromatic heterocycles. The number of nitrogens with zero attached hydrogens (tertiary/aromatic N) is 1. The number of piperidine rings is 1. The van der Waals surface area contributed by atoms with Crippen LogP contribution in [0.25, 0.3) is 0 Å². The number of fused-ring (bicyclic) bond motifs is 1. The number of benzene rings is 1. The molecule has 0 unspecified atom stereocenters. The molecule has 1 saturated heterocycles. The molecule has 0 aliphatic carbocycles. The highest BCUT2D eigenvalue weighted by Gasteiger charge is 2.20. The maximum absolute atomic E-state index is 5.75. The predicted molar refractivity (Wildman–Crippen MR) is 82.2 cm³/mol. The van der Waals surface area contributed by atoms with Crippen molar-refractivity contribution in [1.29, 1.82) is 0 Å². The van der Waals surface area contributed by atoms with Crippen molar-refractivity contribution in [3.05, 3.63) is 22.2 Å². The summed E-state index contributed by atoms with van der Waals surface area (Å²) in [6.07, 6.45) is 2.41. The second kappa shape index (κ2) is 6.33. The lowest BCUT2D eigenvalue weighted by molar-refractivity contribution is 0.168. The molecule has 0 saturated carbocycles. The van der Waals surface area contributed by atoms with Crippen LogP contribution in [0.3, 0.4) is 0 Å². The van der Waals surface area contributed by atoms with E-state index in [1.165, 1.54) is 18.4 Å². The van der Waals surface area contributed by atoms with Gasteiger partial charge in [-0.05, 0) is 56.1 Å². The summed E-state index contributed by atoms with van der Waals surface area (Å²) in [7, 11) is 0. The zero-order valence-corrected chi connectivity index (χ0v) is 13.2.